The molecule has 5 nitrogen and oxygen atoms in total. The zero-order chi connectivity index (χ0) is 20.1. The predicted octanol–water partition coefficient (Wildman–Crippen LogP) is 4.16. The van der Waals surface area contributed by atoms with Crippen LogP contribution in [0.25, 0.3) is 10.6 Å². The van der Waals surface area contributed by atoms with Crippen molar-refractivity contribution in [2.75, 3.05) is 0 Å². The second kappa shape index (κ2) is 8.88. The van der Waals surface area contributed by atoms with E-state index in [9.17, 15) is 9.59 Å². The number of thiophene rings is 1. The Morgan fingerprint density at radius 3 is 2.76 bits per heavy atom. The molecule has 7 heteroatoms. The highest BCUT2D eigenvalue weighted by molar-refractivity contribution is 7.13. The van der Waals surface area contributed by atoms with Gasteiger partial charge in [-0.3, -0.25) is 9.59 Å². The lowest BCUT2D eigenvalue weighted by Gasteiger charge is -2.28. The average molecular weight is 426 g/mol. The second-order valence-electron chi connectivity index (χ2n) is 7.37. The number of hydrogen-bond donors (Lipinski definition) is 2. The number of rotatable bonds is 8. The van der Waals surface area contributed by atoms with Crippen molar-refractivity contribution in [3.63, 3.8) is 0 Å². The van der Waals surface area contributed by atoms with Crippen molar-refractivity contribution in [3.8, 4) is 10.6 Å². The Morgan fingerprint density at radius 2 is 2.03 bits per heavy atom. The van der Waals surface area contributed by atoms with E-state index in [4.69, 9.17) is 0 Å². The van der Waals surface area contributed by atoms with Crippen LogP contribution in [0.3, 0.4) is 0 Å². The van der Waals surface area contributed by atoms with E-state index in [0.29, 0.717) is 25.8 Å². The molecule has 1 fully saturated rings. The molecule has 150 valence electrons. The Labute approximate surface area is 178 Å². The monoisotopic (exact) mass is 425 g/mol. The topological polar surface area (TPSA) is 71.1 Å². The number of nitrogens with one attached hydrogen (secondary N) is 2. The maximum atomic E-state index is 12.4. The first-order valence-electron chi connectivity index (χ1n) is 9.72. The smallest absolute Gasteiger partial charge is 0.220 e. The molecule has 4 rings (SSSR count). The summed E-state index contributed by atoms with van der Waals surface area (Å²) in [6.45, 7) is 0.423. The Hall–Kier alpha value is -2.51. The fourth-order valence-corrected chi connectivity index (χ4v) is 5.34. The quantitative estimate of drug-likeness (QED) is 0.569. The summed E-state index contributed by atoms with van der Waals surface area (Å²) < 4.78 is 0. The summed E-state index contributed by atoms with van der Waals surface area (Å²) >= 11 is 3.27. The molecule has 1 atom stereocenters. The minimum absolute atomic E-state index is 0.00837. The zero-order valence-corrected chi connectivity index (χ0v) is 17.7. The van der Waals surface area contributed by atoms with E-state index in [1.807, 2.05) is 47.2 Å². The van der Waals surface area contributed by atoms with E-state index < -0.39 is 0 Å². The van der Waals surface area contributed by atoms with Gasteiger partial charge in [0.15, 0.2) is 0 Å². The third-order valence-corrected chi connectivity index (χ3v) is 7.01. The molecule has 1 aliphatic heterocycles. The van der Waals surface area contributed by atoms with Crippen molar-refractivity contribution in [2.45, 2.75) is 44.2 Å². The highest BCUT2D eigenvalue weighted by Gasteiger charge is 2.38. The van der Waals surface area contributed by atoms with Gasteiger partial charge in [-0.15, -0.1) is 22.7 Å². The summed E-state index contributed by atoms with van der Waals surface area (Å²) in [5.74, 6) is 0.0730. The fourth-order valence-electron chi connectivity index (χ4n) is 3.66. The van der Waals surface area contributed by atoms with E-state index in [1.165, 1.54) is 4.88 Å². The van der Waals surface area contributed by atoms with Crippen molar-refractivity contribution in [1.29, 1.82) is 0 Å². The largest absolute Gasteiger partial charge is 0.350 e. The van der Waals surface area contributed by atoms with Crippen LogP contribution in [-0.4, -0.2) is 22.3 Å². The average Bonchev–Trinajstić information content (AvgIpc) is 3.48. The van der Waals surface area contributed by atoms with Gasteiger partial charge in [0.25, 0.3) is 0 Å². The second-order valence-corrected chi connectivity index (χ2v) is 9.26. The number of hydrogen-bond acceptors (Lipinski definition) is 5. The van der Waals surface area contributed by atoms with Gasteiger partial charge in [-0.2, -0.15) is 0 Å². The van der Waals surface area contributed by atoms with Crippen LogP contribution in [0.1, 0.15) is 36.3 Å². The molecule has 2 amide bonds. The van der Waals surface area contributed by atoms with Gasteiger partial charge >= 0.3 is 0 Å². The summed E-state index contributed by atoms with van der Waals surface area (Å²) in [5, 5.41) is 11.1. The van der Waals surface area contributed by atoms with E-state index in [1.54, 1.807) is 22.7 Å². The van der Waals surface area contributed by atoms with Crippen LogP contribution in [0.5, 0.6) is 0 Å². The van der Waals surface area contributed by atoms with Gasteiger partial charge in [0.1, 0.15) is 5.01 Å². The van der Waals surface area contributed by atoms with E-state index >= 15 is 0 Å². The molecule has 0 aliphatic carbocycles. The fraction of sp³-hybridized carbons (Fsp3) is 0.318. The summed E-state index contributed by atoms with van der Waals surface area (Å²) in [5.41, 5.74) is 1.65. The Kier molecular flexibility index (Phi) is 6.06. The number of carbonyl (C=O) groups excluding carboxylic acids is 2. The Balaban J connectivity index is 1.30. The van der Waals surface area contributed by atoms with Crippen molar-refractivity contribution in [1.82, 2.24) is 15.6 Å². The van der Waals surface area contributed by atoms with Crippen LogP contribution in [0.4, 0.5) is 0 Å². The van der Waals surface area contributed by atoms with Crippen LogP contribution < -0.4 is 10.6 Å². The van der Waals surface area contributed by atoms with Crippen LogP contribution in [0, 0.1) is 0 Å². The molecule has 0 spiro atoms. The normalized spacial score (nSPS) is 18.6. The zero-order valence-electron chi connectivity index (χ0n) is 16.0. The third kappa shape index (κ3) is 5.10. The molecule has 1 aromatic carbocycles. The molecule has 0 unspecified atom stereocenters. The van der Waals surface area contributed by atoms with E-state index in [-0.39, 0.29) is 17.4 Å². The molecule has 3 heterocycles. The van der Waals surface area contributed by atoms with Crippen LogP contribution in [-0.2, 0) is 22.6 Å². The third-order valence-electron chi connectivity index (χ3n) is 5.20. The lowest BCUT2D eigenvalue weighted by atomic mass is 9.87. The maximum Gasteiger partial charge on any atom is 0.220 e. The molecule has 0 saturated carbocycles. The molecule has 2 aromatic heterocycles. The number of aromatic nitrogens is 1. The molecule has 1 aliphatic rings. The molecule has 0 bridgehead atoms. The van der Waals surface area contributed by atoms with Crippen molar-refractivity contribution in [3.05, 3.63) is 63.8 Å². The molecule has 3 aromatic rings. The summed E-state index contributed by atoms with van der Waals surface area (Å²) in [6, 6.07) is 14.1. The molecular formula is C22H23N3O2S2. The summed E-state index contributed by atoms with van der Waals surface area (Å²) in [4.78, 5) is 30.1. The van der Waals surface area contributed by atoms with Crippen molar-refractivity contribution < 1.29 is 9.59 Å². The lowest BCUT2D eigenvalue weighted by molar-refractivity contribution is -0.122. The number of benzene rings is 1. The summed E-state index contributed by atoms with van der Waals surface area (Å²) in [6.07, 6.45) is 3.14. The van der Waals surface area contributed by atoms with Gasteiger partial charge in [-0.05, 0) is 24.3 Å². The van der Waals surface area contributed by atoms with Gasteiger partial charge in [0.05, 0.1) is 12.2 Å². The SMILES string of the molecule is O=C(CC[C@@]1(Cc2cccs2)CCC(=O)N1)NCc1csc(-c2ccccc2)n1. The minimum Gasteiger partial charge on any atom is -0.350 e. The van der Waals surface area contributed by atoms with Gasteiger partial charge in [-0.25, -0.2) is 4.98 Å². The van der Waals surface area contributed by atoms with Crippen molar-refractivity contribution in [2.24, 2.45) is 0 Å². The number of amides is 2. The molecule has 2 N–H and O–H groups in total. The predicted molar refractivity (Wildman–Crippen MR) is 117 cm³/mol. The minimum atomic E-state index is -0.305. The first-order valence-corrected chi connectivity index (χ1v) is 11.5. The van der Waals surface area contributed by atoms with E-state index in [0.717, 1.165) is 29.1 Å². The molecular weight excluding hydrogens is 402 g/mol. The molecule has 1 saturated heterocycles. The molecule has 29 heavy (non-hydrogen) atoms. The molecule has 0 radical (unpaired) electrons. The van der Waals surface area contributed by atoms with Gasteiger partial charge in [0.2, 0.25) is 11.8 Å². The lowest BCUT2D eigenvalue weighted by Crippen LogP contribution is -2.44. The van der Waals surface area contributed by atoms with Gasteiger partial charge in [0, 0.05) is 40.6 Å². The first-order chi connectivity index (χ1) is 14.1. The first kappa shape index (κ1) is 19.8. The van der Waals surface area contributed by atoms with Crippen LogP contribution in [0.15, 0.2) is 53.2 Å². The van der Waals surface area contributed by atoms with Crippen molar-refractivity contribution >= 4 is 34.5 Å². The number of carbonyl (C=O) groups is 2. The number of thiazole rings is 1. The van der Waals surface area contributed by atoms with Gasteiger partial charge < -0.3 is 10.6 Å². The number of nitrogens with zero attached hydrogens (tertiary/aromatic N) is 1. The Morgan fingerprint density at radius 1 is 1.17 bits per heavy atom. The van der Waals surface area contributed by atoms with Crippen LogP contribution >= 0.6 is 22.7 Å². The Bertz CT molecular complexity index is 969. The standard InChI is InChI=1S/C22H23N3O2S2/c26-19(23-14-17-15-29-21(24-17)16-5-2-1-3-6-16)8-10-22(11-9-20(27)25-22)13-18-7-4-12-28-18/h1-7,12,15H,8-11,13-14H2,(H,23,26)(H,25,27)/t22-/m0/s1. The summed E-state index contributed by atoms with van der Waals surface area (Å²) in [7, 11) is 0. The maximum absolute atomic E-state index is 12.4. The van der Waals surface area contributed by atoms with Crippen LogP contribution in [0.2, 0.25) is 0 Å². The van der Waals surface area contributed by atoms with Gasteiger partial charge in [-0.1, -0.05) is 36.4 Å². The highest BCUT2D eigenvalue weighted by atomic mass is 32.1. The van der Waals surface area contributed by atoms with E-state index in [2.05, 4.69) is 21.7 Å². The highest BCUT2D eigenvalue weighted by Crippen LogP contribution is 2.31.